The average molecular weight is 673 g/mol. The van der Waals surface area contributed by atoms with Gasteiger partial charge in [-0.05, 0) is 48.4 Å². The third-order valence-electron chi connectivity index (χ3n) is 7.54. The first-order valence-electron chi connectivity index (χ1n) is 13.6. The normalized spacial score (nSPS) is 19.3. The fourth-order valence-electron chi connectivity index (χ4n) is 5.31. The summed E-state index contributed by atoms with van der Waals surface area (Å²) in [7, 11) is -3.73. The Hall–Kier alpha value is -3.32. The lowest BCUT2D eigenvalue weighted by atomic mass is 9.88. The molecule has 2 saturated heterocycles. The number of carboxylic acid groups (broad SMARTS) is 1. The van der Waals surface area contributed by atoms with E-state index in [0.29, 0.717) is 36.2 Å². The Bertz CT molecular complexity index is 1600. The van der Waals surface area contributed by atoms with Gasteiger partial charge in [0.1, 0.15) is 0 Å². The molecule has 0 saturated carbocycles. The molecule has 2 fully saturated rings. The summed E-state index contributed by atoms with van der Waals surface area (Å²) in [5.74, 6) is -3.43. The van der Waals surface area contributed by atoms with Crippen molar-refractivity contribution in [1.29, 1.82) is 0 Å². The Labute approximate surface area is 263 Å². The molecule has 0 aromatic heterocycles. The average Bonchev–Trinajstić information content (AvgIpc) is 3.45. The standard InChI is InChI=1S/C28H29Cl2N3O3S.C2HF3O2/c1-20-6-5-9-23(16-20)37(35,36)33-18-24(21-7-3-2-4-8-21)25(19-33)28(34)32-14-12-31(13-15-32)27-17-22(29)10-11-26(27)30;3-2(4,5)1(6)7/h2-11,16-17,24-25H,12-15,18-19H2,1H3;(H,6,7)/t24-,25+;/m0./s1. The second kappa shape index (κ2) is 13.8. The van der Waals surface area contributed by atoms with Crippen molar-refractivity contribution in [2.45, 2.75) is 23.9 Å². The molecule has 0 unspecified atom stereocenters. The lowest BCUT2D eigenvalue weighted by molar-refractivity contribution is -0.192. The Kier molecular flexibility index (Phi) is 10.5. The lowest BCUT2D eigenvalue weighted by Crippen LogP contribution is -2.51. The van der Waals surface area contributed by atoms with Gasteiger partial charge in [-0.2, -0.15) is 17.5 Å². The molecule has 236 valence electrons. The molecule has 1 N–H and O–H groups in total. The summed E-state index contributed by atoms with van der Waals surface area (Å²) in [5.41, 5.74) is 2.72. The first-order valence-corrected chi connectivity index (χ1v) is 15.8. The number of piperazine rings is 1. The van der Waals surface area contributed by atoms with Gasteiger partial charge in [-0.25, -0.2) is 13.2 Å². The van der Waals surface area contributed by atoms with E-state index in [4.69, 9.17) is 33.1 Å². The van der Waals surface area contributed by atoms with Crippen molar-refractivity contribution in [1.82, 2.24) is 9.21 Å². The molecule has 8 nitrogen and oxygen atoms in total. The van der Waals surface area contributed by atoms with Crippen LogP contribution in [0.3, 0.4) is 0 Å². The summed E-state index contributed by atoms with van der Waals surface area (Å²) in [6, 6.07) is 22.1. The maximum absolute atomic E-state index is 13.9. The van der Waals surface area contributed by atoms with Crippen LogP contribution in [0.2, 0.25) is 10.0 Å². The number of rotatable bonds is 5. The number of hydrogen-bond acceptors (Lipinski definition) is 5. The Morgan fingerprint density at radius 2 is 1.52 bits per heavy atom. The topological polar surface area (TPSA) is 98.2 Å². The van der Waals surface area contributed by atoms with Crippen LogP contribution in [0.4, 0.5) is 18.9 Å². The van der Waals surface area contributed by atoms with Gasteiger partial charge in [0, 0.05) is 50.2 Å². The van der Waals surface area contributed by atoms with E-state index >= 15 is 0 Å². The van der Waals surface area contributed by atoms with E-state index in [-0.39, 0.29) is 29.8 Å². The predicted octanol–water partition coefficient (Wildman–Crippen LogP) is 5.69. The molecule has 3 aromatic rings. The maximum Gasteiger partial charge on any atom is 0.490 e. The van der Waals surface area contributed by atoms with E-state index in [1.807, 2.05) is 54.3 Å². The number of benzene rings is 3. The van der Waals surface area contributed by atoms with Crippen molar-refractivity contribution in [2.75, 3.05) is 44.2 Å². The smallest absolute Gasteiger partial charge is 0.475 e. The minimum Gasteiger partial charge on any atom is -0.475 e. The highest BCUT2D eigenvalue weighted by Gasteiger charge is 2.45. The number of nitrogens with zero attached hydrogens (tertiary/aromatic N) is 3. The summed E-state index contributed by atoms with van der Waals surface area (Å²) in [6.45, 7) is 4.62. The van der Waals surface area contributed by atoms with Crippen molar-refractivity contribution < 1.29 is 36.3 Å². The molecule has 2 aliphatic heterocycles. The lowest BCUT2D eigenvalue weighted by Gasteiger charge is -2.38. The van der Waals surface area contributed by atoms with Gasteiger partial charge in [0.2, 0.25) is 15.9 Å². The van der Waals surface area contributed by atoms with Crippen LogP contribution in [0.1, 0.15) is 17.0 Å². The molecule has 2 heterocycles. The SMILES string of the molecule is Cc1cccc(S(=O)(=O)N2C[C@@H](C(=O)N3CCN(c4cc(Cl)ccc4Cl)CC3)[C@H](c3ccccc3)C2)c1.O=C(O)C(F)(F)F. The predicted molar refractivity (Wildman–Crippen MR) is 162 cm³/mol. The first kappa shape index (κ1) is 33.6. The van der Waals surface area contributed by atoms with Crippen molar-refractivity contribution in [3.05, 3.63) is 94.0 Å². The van der Waals surface area contributed by atoms with Crippen molar-refractivity contribution >= 4 is 50.8 Å². The molecule has 2 aliphatic rings. The third kappa shape index (κ3) is 7.84. The second-order valence-corrected chi connectivity index (χ2v) is 13.3. The molecule has 44 heavy (non-hydrogen) atoms. The quantitative estimate of drug-likeness (QED) is 0.374. The molecule has 0 spiro atoms. The molecule has 1 amide bonds. The zero-order valence-electron chi connectivity index (χ0n) is 23.5. The largest absolute Gasteiger partial charge is 0.490 e. The van der Waals surface area contributed by atoms with Gasteiger partial charge >= 0.3 is 12.1 Å². The number of sulfonamides is 1. The zero-order valence-corrected chi connectivity index (χ0v) is 25.9. The van der Waals surface area contributed by atoms with Crippen LogP contribution in [-0.4, -0.2) is 80.1 Å². The van der Waals surface area contributed by atoms with Gasteiger partial charge in [-0.15, -0.1) is 0 Å². The van der Waals surface area contributed by atoms with Gasteiger partial charge < -0.3 is 14.9 Å². The van der Waals surface area contributed by atoms with Gasteiger partial charge in [0.25, 0.3) is 0 Å². The third-order valence-corrected chi connectivity index (χ3v) is 9.92. The monoisotopic (exact) mass is 671 g/mol. The number of alkyl halides is 3. The van der Waals surface area contributed by atoms with Crippen LogP contribution in [0.15, 0.2) is 77.7 Å². The zero-order chi connectivity index (χ0) is 32.2. The Morgan fingerprint density at radius 3 is 2.11 bits per heavy atom. The first-order chi connectivity index (χ1) is 20.7. The second-order valence-electron chi connectivity index (χ2n) is 10.5. The van der Waals surface area contributed by atoms with Crippen molar-refractivity contribution in [3.8, 4) is 0 Å². The van der Waals surface area contributed by atoms with Crippen LogP contribution in [-0.2, 0) is 19.6 Å². The molecular formula is C30H30Cl2F3N3O5S. The minimum absolute atomic E-state index is 0.00682. The highest BCUT2D eigenvalue weighted by Crippen LogP contribution is 2.37. The van der Waals surface area contributed by atoms with E-state index in [1.165, 1.54) is 4.31 Å². The fraction of sp³-hybridized carbons (Fsp3) is 0.333. The van der Waals surface area contributed by atoms with Crippen LogP contribution >= 0.6 is 23.2 Å². The van der Waals surface area contributed by atoms with Crippen LogP contribution in [0.25, 0.3) is 0 Å². The van der Waals surface area contributed by atoms with E-state index in [1.54, 1.807) is 30.3 Å². The Morgan fingerprint density at radius 1 is 0.886 bits per heavy atom. The highest BCUT2D eigenvalue weighted by atomic mass is 35.5. The summed E-state index contributed by atoms with van der Waals surface area (Å²) < 4.78 is 60.3. The Balaban J connectivity index is 0.000000566. The van der Waals surface area contributed by atoms with E-state index in [0.717, 1.165) is 16.8 Å². The number of carbonyl (C=O) groups is 2. The van der Waals surface area contributed by atoms with Crippen molar-refractivity contribution in [3.63, 3.8) is 0 Å². The van der Waals surface area contributed by atoms with Crippen LogP contribution in [0.5, 0.6) is 0 Å². The minimum atomic E-state index is -5.08. The summed E-state index contributed by atoms with van der Waals surface area (Å²) in [5, 5.41) is 8.37. The van der Waals surface area contributed by atoms with Crippen LogP contribution < -0.4 is 4.90 Å². The molecule has 0 aliphatic carbocycles. The number of halogens is 5. The molecule has 0 bridgehead atoms. The molecular weight excluding hydrogens is 642 g/mol. The van der Waals surface area contributed by atoms with Gasteiger partial charge in [0.15, 0.2) is 0 Å². The number of anilines is 1. The molecule has 0 radical (unpaired) electrons. The number of carbonyl (C=O) groups excluding carboxylic acids is 1. The molecule has 3 aromatic carbocycles. The van der Waals surface area contributed by atoms with E-state index < -0.39 is 28.1 Å². The molecule has 5 rings (SSSR count). The molecule has 14 heteroatoms. The number of aryl methyl sites for hydroxylation is 1. The van der Waals surface area contributed by atoms with E-state index in [2.05, 4.69) is 4.90 Å². The summed E-state index contributed by atoms with van der Waals surface area (Å²) in [4.78, 5) is 27.0. The number of carboxylic acids is 1. The van der Waals surface area contributed by atoms with Crippen molar-refractivity contribution in [2.24, 2.45) is 5.92 Å². The van der Waals surface area contributed by atoms with Gasteiger partial charge in [-0.1, -0.05) is 65.7 Å². The fourth-order valence-corrected chi connectivity index (χ4v) is 7.31. The number of aliphatic carboxylic acids is 1. The highest BCUT2D eigenvalue weighted by molar-refractivity contribution is 7.89. The van der Waals surface area contributed by atoms with Gasteiger partial charge in [-0.3, -0.25) is 4.79 Å². The van der Waals surface area contributed by atoms with Crippen LogP contribution in [0, 0.1) is 12.8 Å². The summed E-state index contributed by atoms with van der Waals surface area (Å²) >= 11 is 12.6. The summed E-state index contributed by atoms with van der Waals surface area (Å²) in [6.07, 6.45) is -5.08. The molecule has 2 atom stereocenters. The van der Waals surface area contributed by atoms with E-state index in [9.17, 15) is 26.4 Å². The maximum atomic E-state index is 13.9. The number of amides is 1. The number of hydrogen-bond donors (Lipinski definition) is 1. The van der Waals surface area contributed by atoms with Gasteiger partial charge in [0.05, 0.1) is 21.5 Å².